The number of hydrogen-bond donors (Lipinski definition) is 0. The Labute approximate surface area is 62.2 Å². The van der Waals surface area contributed by atoms with Gasteiger partial charge in [-0.1, -0.05) is 0 Å². The van der Waals surface area contributed by atoms with Gasteiger partial charge in [-0.2, -0.15) is 0 Å². The van der Waals surface area contributed by atoms with Gasteiger partial charge in [-0.15, -0.1) is 0 Å². The van der Waals surface area contributed by atoms with Crippen LogP contribution in [0.25, 0.3) is 0 Å². The second-order valence-electron chi connectivity index (χ2n) is 3.73. The molecule has 2 aliphatic rings. The summed E-state index contributed by atoms with van der Waals surface area (Å²) in [6.45, 7) is 4.49. The number of piperidine rings is 1. The molecule has 58 valence electrons. The number of likely N-dealkylation sites (tertiary alicyclic amines) is 1. The summed E-state index contributed by atoms with van der Waals surface area (Å²) in [6, 6.07) is 0. The van der Waals surface area contributed by atoms with E-state index in [1.807, 2.05) is 0 Å². The Morgan fingerprint density at radius 2 is 1.80 bits per heavy atom. The molecule has 2 atom stereocenters. The molecule has 2 heterocycles. The molecular formula is C8H15NO. The normalized spacial score (nSPS) is 41.7. The second-order valence-corrected chi connectivity index (χ2v) is 3.73. The molecule has 2 fully saturated rings. The topological polar surface area (TPSA) is 12.5 Å². The number of rotatable bonds is 0. The quantitative estimate of drug-likeness (QED) is 0.489. The first-order valence-electron chi connectivity index (χ1n) is 4.11. The molecule has 2 heteroatoms. The Hall–Kier alpha value is -0.0800. The molecule has 2 rings (SSSR count). The molecule has 0 unspecified atom stereocenters. The zero-order valence-electron chi connectivity index (χ0n) is 6.55. The first-order chi connectivity index (χ1) is 4.84. The van der Waals surface area contributed by atoms with Gasteiger partial charge in [-0.25, -0.2) is 0 Å². The van der Waals surface area contributed by atoms with Gasteiger partial charge in [-0.3, -0.25) is 0 Å². The van der Waals surface area contributed by atoms with Crippen LogP contribution in [0.5, 0.6) is 0 Å². The molecule has 10 heavy (non-hydrogen) atoms. The lowest BCUT2D eigenvalue weighted by molar-refractivity contribution is -0.0337. The fourth-order valence-electron chi connectivity index (χ4n) is 2.22. The van der Waals surface area contributed by atoms with E-state index in [0.29, 0.717) is 0 Å². The van der Waals surface area contributed by atoms with Crippen molar-refractivity contribution in [3.63, 3.8) is 0 Å². The Kier molecular flexibility index (Phi) is 1.66. The van der Waals surface area contributed by atoms with E-state index in [1.54, 1.807) is 0 Å². The fourth-order valence-corrected chi connectivity index (χ4v) is 2.22. The Morgan fingerprint density at radius 1 is 1.20 bits per heavy atom. The standard InChI is InChI=1S/C8H15NO/c1-9-3-7-2-8(4-9)6-10-5-7/h7-8H,2-6H2,1H3/t7-,8+. The van der Waals surface area contributed by atoms with Crippen LogP contribution in [0.4, 0.5) is 0 Å². The minimum Gasteiger partial charge on any atom is -0.381 e. The van der Waals surface area contributed by atoms with Crippen molar-refractivity contribution in [2.75, 3.05) is 33.4 Å². The Bertz CT molecular complexity index is 110. The van der Waals surface area contributed by atoms with Crippen molar-refractivity contribution in [2.24, 2.45) is 11.8 Å². The molecule has 0 aromatic rings. The molecule has 2 nitrogen and oxygen atoms in total. The van der Waals surface area contributed by atoms with Crippen LogP contribution < -0.4 is 0 Å². The van der Waals surface area contributed by atoms with Crippen molar-refractivity contribution in [1.82, 2.24) is 4.90 Å². The van der Waals surface area contributed by atoms with E-state index in [9.17, 15) is 0 Å². The van der Waals surface area contributed by atoms with E-state index in [-0.39, 0.29) is 0 Å². The van der Waals surface area contributed by atoms with E-state index in [4.69, 9.17) is 4.74 Å². The molecule has 2 aliphatic heterocycles. The Balaban J connectivity index is 1.98. The summed E-state index contributed by atoms with van der Waals surface area (Å²) < 4.78 is 5.46. The maximum absolute atomic E-state index is 5.46. The predicted molar refractivity (Wildman–Crippen MR) is 39.9 cm³/mol. The highest BCUT2D eigenvalue weighted by molar-refractivity contribution is 4.80. The van der Waals surface area contributed by atoms with Gasteiger partial charge in [0, 0.05) is 13.1 Å². The van der Waals surface area contributed by atoms with E-state index in [0.717, 1.165) is 25.0 Å². The summed E-state index contributed by atoms with van der Waals surface area (Å²) in [7, 11) is 2.21. The largest absolute Gasteiger partial charge is 0.381 e. The molecule has 0 amide bonds. The van der Waals surface area contributed by atoms with Crippen LogP contribution in [-0.2, 0) is 4.74 Å². The number of ether oxygens (including phenoxy) is 1. The summed E-state index contributed by atoms with van der Waals surface area (Å²) in [5.74, 6) is 1.66. The lowest BCUT2D eigenvalue weighted by atomic mass is 9.88. The summed E-state index contributed by atoms with van der Waals surface area (Å²) in [4.78, 5) is 2.43. The van der Waals surface area contributed by atoms with Gasteiger partial charge < -0.3 is 9.64 Å². The van der Waals surface area contributed by atoms with Gasteiger partial charge >= 0.3 is 0 Å². The van der Waals surface area contributed by atoms with E-state index in [1.165, 1.54) is 19.5 Å². The molecule has 0 aromatic carbocycles. The smallest absolute Gasteiger partial charge is 0.0506 e. The third kappa shape index (κ3) is 1.18. The summed E-state index contributed by atoms with van der Waals surface area (Å²) in [6.07, 6.45) is 1.41. The highest BCUT2D eigenvalue weighted by Gasteiger charge is 2.28. The van der Waals surface area contributed by atoms with Crippen LogP contribution in [-0.4, -0.2) is 38.3 Å². The van der Waals surface area contributed by atoms with E-state index < -0.39 is 0 Å². The van der Waals surface area contributed by atoms with Crippen molar-refractivity contribution in [3.8, 4) is 0 Å². The van der Waals surface area contributed by atoms with Crippen molar-refractivity contribution in [2.45, 2.75) is 6.42 Å². The molecule has 2 saturated heterocycles. The lowest BCUT2D eigenvalue weighted by Gasteiger charge is -2.39. The average molecular weight is 141 g/mol. The van der Waals surface area contributed by atoms with Gasteiger partial charge in [0.25, 0.3) is 0 Å². The number of fused-ring (bicyclic) bond motifs is 2. The highest BCUT2D eigenvalue weighted by atomic mass is 16.5. The van der Waals surface area contributed by atoms with Gasteiger partial charge in [-0.05, 0) is 25.3 Å². The van der Waals surface area contributed by atoms with E-state index >= 15 is 0 Å². The second kappa shape index (κ2) is 2.51. The molecule has 0 saturated carbocycles. The summed E-state index contributed by atoms with van der Waals surface area (Å²) >= 11 is 0. The average Bonchev–Trinajstić information content (AvgIpc) is 1.85. The van der Waals surface area contributed by atoms with Crippen molar-refractivity contribution < 1.29 is 4.74 Å². The van der Waals surface area contributed by atoms with Gasteiger partial charge in [0.05, 0.1) is 13.2 Å². The third-order valence-corrected chi connectivity index (χ3v) is 2.51. The number of nitrogens with zero attached hydrogens (tertiary/aromatic N) is 1. The van der Waals surface area contributed by atoms with Crippen LogP contribution in [0.1, 0.15) is 6.42 Å². The SMILES string of the molecule is CN1C[C@@H]2COC[C@@H](C2)C1. The van der Waals surface area contributed by atoms with Crippen LogP contribution in [0.3, 0.4) is 0 Å². The fraction of sp³-hybridized carbons (Fsp3) is 1.00. The van der Waals surface area contributed by atoms with Crippen molar-refractivity contribution in [3.05, 3.63) is 0 Å². The van der Waals surface area contributed by atoms with Gasteiger partial charge in [0.2, 0.25) is 0 Å². The van der Waals surface area contributed by atoms with Crippen LogP contribution in [0.2, 0.25) is 0 Å². The molecule has 0 aliphatic carbocycles. The maximum atomic E-state index is 5.46. The third-order valence-electron chi connectivity index (χ3n) is 2.51. The van der Waals surface area contributed by atoms with Gasteiger partial charge in [0.1, 0.15) is 0 Å². The van der Waals surface area contributed by atoms with Crippen molar-refractivity contribution >= 4 is 0 Å². The first kappa shape index (κ1) is 6.62. The summed E-state index contributed by atoms with van der Waals surface area (Å²) in [5.41, 5.74) is 0. The minimum absolute atomic E-state index is 0.831. The molecular weight excluding hydrogens is 126 g/mol. The zero-order chi connectivity index (χ0) is 6.97. The first-order valence-corrected chi connectivity index (χ1v) is 4.11. The van der Waals surface area contributed by atoms with Crippen LogP contribution in [0, 0.1) is 11.8 Å². The molecule has 0 N–H and O–H groups in total. The lowest BCUT2D eigenvalue weighted by Crippen LogP contribution is -2.44. The van der Waals surface area contributed by atoms with Crippen LogP contribution in [0.15, 0.2) is 0 Å². The predicted octanol–water partition coefficient (Wildman–Crippen LogP) is 0.585. The number of hydrogen-bond acceptors (Lipinski definition) is 2. The summed E-state index contributed by atoms with van der Waals surface area (Å²) in [5, 5.41) is 0. The molecule has 0 aromatic heterocycles. The maximum Gasteiger partial charge on any atom is 0.0506 e. The molecule has 0 radical (unpaired) electrons. The minimum atomic E-state index is 0.831. The molecule has 2 bridgehead atoms. The Morgan fingerprint density at radius 3 is 2.40 bits per heavy atom. The zero-order valence-corrected chi connectivity index (χ0v) is 6.55. The van der Waals surface area contributed by atoms with E-state index in [2.05, 4.69) is 11.9 Å². The monoisotopic (exact) mass is 141 g/mol. The molecule has 0 spiro atoms. The van der Waals surface area contributed by atoms with Crippen molar-refractivity contribution in [1.29, 1.82) is 0 Å². The van der Waals surface area contributed by atoms with Crippen LogP contribution >= 0.6 is 0 Å². The highest BCUT2D eigenvalue weighted by Crippen LogP contribution is 2.25. The van der Waals surface area contributed by atoms with Gasteiger partial charge in [0.15, 0.2) is 0 Å².